The van der Waals surface area contributed by atoms with Gasteiger partial charge in [-0.15, -0.1) is 0 Å². The smallest absolute Gasteiger partial charge is 0.222 e. The Hall–Kier alpha value is -2.63. The van der Waals surface area contributed by atoms with Crippen molar-refractivity contribution in [1.82, 2.24) is 10.6 Å². The molecule has 5 N–H and O–H groups in total. The molecule has 0 aromatic heterocycles. The first-order valence-corrected chi connectivity index (χ1v) is 6.58. The van der Waals surface area contributed by atoms with Crippen LogP contribution in [0.3, 0.4) is 0 Å². The van der Waals surface area contributed by atoms with E-state index < -0.39 is 0 Å². The van der Waals surface area contributed by atoms with Crippen molar-refractivity contribution in [2.45, 2.75) is 13.8 Å². The molecule has 0 aliphatic heterocycles. The average Bonchev–Trinajstić information content (AvgIpc) is 2.45. The maximum atomic E-state index is 11.1. The summed E-state index contributed by atoms with van der Waals surface area (Å²) in [6.45, 7) is 3.29. The lowest BCUT2D eigenvalue weighted by Crippen LogP contribution is -2.27. The van der Waals surface area contributed by atoms with E-state index in [1.807, 2.05) is 19.1 Å². The number of nitrogens with two attached hydrogens (primary N) is 1. The van der Waals surface area contributed by atoms with Crippen LogP contribution in [0.15, 0.2) is 41.9 Å². The molecule has 0 unspecified atom stereocenters. The third-order valence-corrected chi connectivity index (χ3v) is 2.68. The van der Waals surface area contributed by atoms with E-state index in [9.17, 15) is 4.79 Å². The molecule has 6 nitrogen and oxygen atoms in total. The van der Waals surface area contributed by atoms with E-state index in [2.05, 4.69) is 16.0 Å². The summed E-state index contributed by atoms with van der Waals surface area (Å²) in [6, 6.07) is 5.39. The Kier molecular flexibility index (Phi) is 6.13. The molecule has 0 saturated heterocycles. The van der Waals surface area contributed by atoms with Gasteiger partial charge in [0.05, 0.1) is 11.4 Å². The van der Waals surface area contributed by atoms with Gasteiger partial charge in [0, 0.05) is 33.2 Å². The van der Waals surface area contributed by atoms with Gasteiger partial charge in [-0.05, 0) is 25.1 Å². The number of rotatable bonds is 6. The number of allylic oxidation sites excluding steroid dienone is 2. The van der Waals surface area contributed by atoms with Crippen molar-refractivity contribution in [2.75, 3.05) is 25.1 Å². The summed E-state index contributed by atoms with van der Waals surface area (Å²) in [7, 11) is 3.52. The molecule has 1 aromatic rings. The summed E-state index contributed by atoms with van der Waals surface area (Å²) in [6.07, 6.45) is 3.49. The number of nitrogen functional groups attached to an aromatic ring is 1. The highest BCUT2D eigenvalue weighted by molar-refractivity contribution is 5.74. The van der Waals surface area contributed by atoms with Crippen LogP contribution >= 0.6 is 0 Å². The Bertz CT molecular complexity index is 565. The van der Waals surface area contributed by atoms with Crippen molar-refractivity contribution in [3.8, 4) is 5.75 Å². The zero-order valence-electron chi connectivity index (χ0n) is 12.8. The molecule has 0 aliphatic rings. The Morgan fingerprint density at radius 2 is 2.05 bits per heavy atom. The van der Waals surface area contributed by atoms with Gasteiger partial charge in [-0.2, -0.15) is 0 Å². The van der Waals surface area contributed by atoms with Gasteiger partial charge >= 0.3 is 0 Å². The Balaban J connectivity index is 2.90. The van der Waals surface area contributed by atoms with Gasteiger partial charge in [-0.25, -0.2) is 0 Å². The van der Waals surface area contributed by atoms with Crippen molar-refractivity contribution in [2.24, 2.45) is 0 Å². The Morgan fingerprint density at radius 3 is 2.52 bits per heavy atom. The van der Waals surface area contributed by atoms with Crippen molar-refractivity contribution in [3.05, 3.63) is 41.9 Å². The summed E-state index contributed by atoms with van der Waals surface area (Å²) in [4.78, 5) is 11.1. The molecule has 0 saturated carbocycles. The average molecular weight is 290 g/mol. The zero-order valence-corrected chi connectivity index (χ0v) is 12.8. The first kappa shape index (κ1) is 16.4. The van der Waals surface area contributed by atoms with E-state index in [0.717, 1.165) is 5.69 Å². The molecule has 0 spiro atoms. The molecular weight excluding hydrogens is 268 g/mol. The highest BCUT2D eigenvalue weighted by atomic mass is 16.5. The number of amides is 1. The standard InChI is InChI=1S/C15H22N4O2/c1-5-11(9-15(18-4)19-10(2)20)21-12-6-7-14(17-3)13(16)8-12/h5-9,17-18H,16H2,1-4H3,(H,19,20)/b11-5+,15-9+. The van der Waals surface area contributed by atoms with Crippen molar-refractivity contribution in [1.29, 1.82) is 0 Å². The van der Waals surface area contributed by atoms with Crippen LogP contribution in [0.2, 0.25) is 0 Å². The number of ether oxygens (including phenoxy) is 1. The van der Waals surface area contributed by atoms with Gasteiger partial charge in [0.25, 0.3) is 0 Å². The van der Waals surface area contributed by atoms with E-state index in [1.54, 1.807) is 32.3 Å². The van der Waals surface area contributed by atoms with Crippen molar-refractivity contribution >= 4 is 17.3 Å². The van der Waals surface area contributed by atoms with Crippen LogP contribution in [0, 0.1) is 0 Å². The molecule has 0 radical (unpaired) electrons. The second-order valence-electron chi connectivity index (χ2n) is 4.28. The summed E-state index contributed by atoms with van der Waals surface area (Å²) in [5.41, 5.74) is 7.34. The van der Waals surface area contributed by atoms with Gasteiger partial charge < -0.3 is 26.4 Å². The number of carbonyl (C=O) groups is 1. The Labute approximate surface area is 125 Å². The topological polar surface area (TPSA) is 88.4 Å². The van der Waals surface area contributed by atoms with Crippen LogP contribution in [-0.2, 0) is 4.79 Å². The lowest BCUT2D eigenvalue weighted by atomic mass is 10.2. The third kappa shape index (κ3) is 5.10. The second kappa shape index (κ2) is 7.84. The molecule has 6 heteroatoms. The molecule has 0 heterocycles. The molecule has 0 bridgehead atoms. The van der Waals surface area contributed by atoms with Gasteiger partial charge in [0.15, 0.2) is 0 Å². The number of nitrogens with one attached hydrogen (secondary N) is 3. The monoisotopic (exact) mass is 290 g/mol. The van der Waals surface area contributed by atoms with Crippen LogP contribution in [0.5, 0.6) is 5.75 Å². The fourth-order valence-corrected chi connectivity index (χ4v) is 1.64. The lowest BCUT2D eigenvalue weighted by molar-refractivity contribution is -0.118. The quantitative estimate of drug-likeness (QED) is 0.364. The van der Waals surface area contributed by atoms with Gasteiger partial charge in [0.2, 0.25) is 5.91 Å². The number of carbonyl (C=O) groups excluding carboxylic acids is 1. The number of hydrogen-bond acceptors (Lipinski definition) is 5. The summed E-state index contributed by atoms with van der Waals surface area (Å²) in [5.74, 6) is 1.60. The number of benzene rings is 1. The SMILES string of the molecule is C/C=C(\C=C(/NC)NC(C)=O)Oc1ccc(NC)c(N)c1. The summed E-state index contributed by atoms with van der Waals surface area (Å²) < 4.78 is 5.74. The molecule has 0 aliphatic carbocycles. The predicted octanol–water partition coefficient (Wildman–Crippen LogP) is 1.79. The molecule has 1 aromatic carbocycles. The van der Waals surface area contributed by atoms with E-state index >= 15 is 0 Å². The third-order valence-electron chi connectivity index (χ3n) is 2.68. The predicted molar refractivity (Wildman–Crippen MR) is 85.7 cm³/mol. The fraction of sp³-hybridized carbons (Fsp3) is 0.267. The molecule has 1 rings (SSSR count). The van der Waals surface area contributed by atoms with Crippen molar-refractivity contribution < 1.29 is 9.53 Å². The van der Waals surface area contributed by atoms with Crippen LogP contribution < -0.4 is 26.4 Å². The molecule has 21 heavy (non-hydrogen) atoms. The van der Waals surface area contributed by atoms with Crippen LogP contribution in [-0.4, -0.2) is 20.0 Å². The normalized spacial score (nSPS) is 11.8. The highest BCUT2D eigenvalue weighted by Gasteiger charge is 2.04. The van der Waals surface area contributed by atoms with Crippen LogP contribution in [0.25, 0.3) is 0 Å². The van der Waals surface area contributed by atoms with E-state index in [1.165, 1.54) is 6.92 Å². The fourth-order valence-electron chi connectivity index (χ4n) is 1.64. The first-order valence-electron chi connectivity index (χ1n) is 6.58. The van der Waals surface area contributed by atoms with Gasteiger partial charge in [-0.3, -0.25) is 4.79 Å². The maximum Gasteiger partial charge on any atom is 0.222 e. The number of hydrogen-bond donors (Lipinski definition) is 4. The molecule has 1 amide bonds. The first-order chi connectivity index (χ1) is 9.99. The minimum atomic E-state index is -0.159. The second-order valence-corrected chi connectivity index (χ2v) is 4.28. The minimum Gasteiger partial charge on any atom is -0.458 e. The van der Waals surface area contributed by atoms with Gasteiger partial charge in [0.1, 0.15) is 17.3 Å². The summed E-state index contributed by atoms with van der Waals surface area (Å²) >= 11 is 0. The maximum absolute atomic E-state index is 11.1. The summed E-state index contributed by atoms with van der Waals surface area (Å²) in [5, 5.41) is 8.54. The lowest BCUT2D eigenvalue weighted by Gasteiger charge is -2.12. The molecular formula is C15H22N4O2. The molecule has 0 fully saturated rings. The highest BCUT2D eigenvalue weighted by Crippen LogP contribution is 2.25. The van der Waals surface area contributed by atoms with E-state index in [-0.39, 0.29) is 5.91 Å². The Morgan fingerprint density at radius 1 is 1.33 bits per heavy atom. The van der Waals surface area contributed by atoms with Crippen LogP contribution in [0.4, 0.5) is 11.4 Å². The molecule has 114 valence electrons. The van der Waals surface area contributed by atoms with Crippen LogP contribution in [0.1, 0.15) is 13.8 Å². The minimum absolute atomic E-state index is 0.159. The van der Waals surface area contributed by atoms with Gasteiger partial charge in [-0.1, -0.05) is 0 Å². The van der Waals surface area contributed by atoms with E-state index in [0.29, 0.717) is 23.0 Å². The largest absolute Gasteiger partial charge is 0.458 e. The van der Waals surface area contributed by atoms with Crippen molar-refractivity contribution in [3.63, 3.8) is 0 Å². The zero-order chi connectivity index (χ0) is 15.8. The molecule has 0 atom stereocenters. The number of anilines is 2. The van der Waals surface area contributed by atoms with E-state index in [4.69, 9.17) is 10.5 Å².